The predicted molar refractivity (Wildman–Crippen MR) is 144 cm³/mol. The number of imidazole rings is 1. The van der Waals surface area contributed by atoms with Crippen LogP contribution in [-0.4, -0.2) is 39.4 Å². The van der Waals surface area contributed by atoms with Gasteiger partial charge in [0.15, 0.2) is 0 Å². The highest BCUT2D eigenvalue weighted by Crippen LogP contribution is 2.55. The molecule has 1 saturated carbocycles. The van der Waals surface area contributed by atoms with Crippen molar-refractivity contribution in [2.75, 3.05) is 18.4 Å². The lowest BCUT2D eigenvalue weighted by atomic mass is 9.65. The van der Waals surface area contributed by atoms with Gasteiger partial charge in [-0.1, -0.05) is 48.5 Å². The molecule has 1 aliphatic heterocycles. The Morgan fingerprint density at radius 3 is 2.78 bits per heavy atom. The predicted octanol–water partition coefficient (Wildman–Crippen LogP) is 6.07. The first kappa shape index (κ1) is 22.7. The van der Waals surface area contributed by atoms with Crippen LogP contribution in [0.15, 0.2) is 73.3 Å². The van der Waals surface area contributed by atoms with Gasteiger partial charge >= 0.3 is 0 Å². The lowest BCUT2D eigenvalue weighted by Crippen LogP contribution is -2.42. The van der Waals surface area contributed by atoms with Gasteiger partial charge in [0, 0.05) is 24.0 Å². The molecule has 1 saturated heterocycles. The van der Waals surface area contributed by atoms with Crippen LogP contribution in [0.25, 0.3) is 21.5 Å². The second-order valence-electron chi connectivity index (χ2n) is 10.1. The van der Waals surface area contributed by atoms with Crippen LogP contribution in [0.3, 0.4) is 0 Å². The van der Waals surface area contributed by atoms with E-state index in [9.17, 15) is 9.59 Å². The molecule has 7 heteroatoms. The molecule has 0 atom stereocenters. The molecule has 3 heterocycles. The Morgan fingerprint density at radius 1 is 1.14 bits per heavy atom. The van der Waals surface area contributed by atoms with Crippen LogP contribution in [0, 0.1) is 12.3 Å². The summed E-state index contributed by atoms with van der Waals surface area (Å²) in [4.78, 5) is 33.8. The number of fused-ring (bicyclic) bond motifs is 1. The van der Waals surface area contributed by atoms with Crippen molar-refractivity contribution < 1.29 is 9.59 Å². The van der Waals surface area contributed by atoms with E-state index in [0.29, 0.717) is 10.8 Å². The van der Waals surface area contributed by atoms with Crippen LogP contribution in [-0.2, 0) is 4.79 Å². The van der Waals surface area contributed by atoms with Gasteiger partial charge in [-0.25, -0.2) is 4.98 Å². The van der Waals surface area contributed by atoms with Gasteiger partial charge in [0.2, 0.25) is 11.9 Å². The number of amides is 2. The van der Waals surface area contributed by atoms with Crippen molar-refractivity contribution in [3.63, 3.8) is 0 Å². The number of hydrogen-bond donors (Lipinski definition) is 1. The topological polar surface area (TPSA) is 67.2 Å². The molecular weight excluding hydrogens is 468 g/mol. The quantitative estimate of drug-likeness (QED) is 0.341. The summed E-state index contributed by atoms with van der Waals surface area (Å²) in [6.45, 7) is 7.26. The monoisotopic (exact) mass is 496 g/mol. The maximum atomic E-state index is 13.3. The first-order valence-corrected chi connectivity index (χ1v) is 13.1. The molecule has 182 valence electrons. The third-order valence-electron chi connectivity index (χ3n) is 7.58. The molecule has 2 aromatic carbocycles. The van der Waals surface area contributed by atoms with Gasteiger partial charge in [-0.15, -0.1) is 11.3 Å². The highest BCUT2D eigenvalue weighted by atomic mass is 32.1. The molecule has 2 aromatic heterocycles. The van der Waals surface area contributed by atoms with E-state index in [1.54, 1.807) is 0 Å². The third kappa shape index (κ3) is 3.93. The summed E-state index contributed by atoms with van der Waals surface area (Å²) in [7, 11) is 0. The molecule has 0 unspecified atom stereocenters. The van der Waals surface area contributed by atoms with Crippen molar-refractivity contribution in [3.8, 4) is 10.4 Å². The number of nitrogens with one attached hydrogen (secondary N) is 1. The van der Waals surface area contributed by atoms with Crippen molar-refractivity contribution in [1.82, 2.24) is 14.5 Å². The summed E-state index contributed by atoms with van der Waals surface area (Å²) in [5.74, 6) is 0.453. The van der Waals surface area contributed by atoms with E-state index in [1.807, 2.05) is 41.3 Å². The number of para-hydroxylation sites is 2. The zero-order valence-electron chi connectivity index (χ0n) is 20.2. The van der Waals surface area contributed by atoms with Gasteiger partial charge in [-0.05, 0) is 67.5 Å². The Balaban J connectivity index is 1.24. The molecule has 0 bridgehead atoms. The van der Waals surface area contributed by atoms with Gasteiger partial charge in [0.1, 0.15) is 0 Å². The molecule has 1 aliphatic carbocycles. The first-order valence-electron chi connectivity index (χ1n) is 12.3. The fraction of sp³-hybridized carbons (Fsp3) is 0.276. The number of aromatic nitrogens is 2. The minimum absolute atomic E-state index is 0.0114. The van der Waals surface area contributed by atoms with E-state index < -0.39 is 0 Å². The van der Waals surface area contributed by atoms with Gasteiger partial charge in [-0.3, -0.25) is 14.9 Å². The lowest BCUT2D eigenvalue weighted by molar-refractivity contribution is -0.125. The van der Waals surface area contributed by atoms with Crippen molar-refractivity contribution in [2.45, 2.75) is 32.2 Å². The van der Waals surface area contributed by atoms with Gasteiger partial charge in [0.05, 0.1) is 15.9 Å². The van der Waals surface area contributed by atoms with Crippen LogP contribution in [0.4, 0.5) is 5.95 Å². The maximum Gasteiger partial charge on any atom is 0.268 e. The minimum Gasteiger partial charge on any atom is -0.339 e. The van der Waals surface area contributed by atoms with Gasteiger partial charge < -0.3 is 9.47 Å². The number of benzene rings is 2. The number of nitrogens with zero attached hydrogens (tertiary/aromatic N) is 3. The van der Waals surface area contributed by atoms with E-state index in [0.717, 1.165) is 53.8 Å². The molecule has 2 amide bonds. The van der Waals surface area contributed by atoms with E-state index >= 15 is 0 Å². The Kier molecular flexibility index (Phi) is 5.52. The number of thiophene rings is 1. The number of anilines is 1. The molecule has 2 aliphatic rings. The summed E-state index contributed by atoms with van der Waals surface area (Å²) >= 11 is 1.49. The summed E-state index contributed by atoms with van der Waals surface area (Å²) < 4.78 is 2.19. The average molecular weight is 497 g/mol. The number of rotatable bonds is 5. The standard InChI is InChI=1S/C29H28N4O2S/c1-3-26(34)32-14-13-29(18-32)16-21(17-29)33-23-10-5-4-9-22(23)30-28(33)31-27(35)25-12-11-24(36-25)20-8-6-7-19(2)15-20/h3-12,15,21H,1,13-14,16-18H2,2H3,(H,30,31,35). The second kappa shape index (κ2) is 8.75. The van der Waals surface area contributed by atoms with E-state index in [2.05, 4.69) is 47.7 Å². The summed E-state index contributed by atoms with van der Waals surface area (Å²) in [6, 6.07) is 20.4. The lowest BCUT2D eigenvalue weighted by Gasteiger charge is -2.46. The second-order valence-corrected chi connectivity index (χ2v) is 11.1. The fourth-order valence-corrected chi connectivity index (χ4v) is 6.68. The van der Waals surface area contributed by atoms with Crippen molar-refractivity contribution in [1.29, 1.82) is 0 Å². The average Bonchev–Trinajstić information content (AvgIpc) is 3.59. The van der Waals surface area contributed by atoms with Crippen LogP contribution < -0.4 is 5.32 Å². The fourth-order valence-electron chi connectivity index (χ4n) is 5.79. The first-order chi connectivity index (χ1) is 17.4. The Bertz CT molecular complexity index is 1490. The molecule has 0 radical (unpaired) electrons. The summed E-state index contributed by atoms with van der Waals surface area (Å²) in [6.07, 6.45) is 4.34. The van der Waals surface area contributed by atoms with Crippen LogP contribution in [0.1, 0.15) is 40.5 Å². The smallest absolute Gasteiger partial charge is 0.268 e. The zero-order valence-corrected chi connectivity index (χ0v) is 21.1. The molecule has 6 rings (SSSR count). The van der Waals surface area contributed by atoms with Crippen molar-refractivity contribution >= 4 is 40.1 Å². The van der Waals surface area contributed by atoms with Crippen LogP contribution in [0.5, 0.6) is 0 Å². The molecular formula is C29H28N4O2S. The Hall–Kier alpha value is -3.71. The highest BCUT2D eigenvalue weighted by molar-refractivity contribution is 7.17. The molecule has 6 nitrogen and oxygen atoms in total. The normalized spacial score (nSPS) is 21.0. The number of carbonyl (C=O) groups is 2. The number of hydrogen-bond acceptors (Lipinski definition) is 4. The van der Waals surface area contributed by atoms with Gasteiger partial charge in [-0.2, -0.15) is 0 Å². The van der Waals surface area contributed by atoms with Crippen LogP contribution in [0.2, 0.25) is 0 Å². The molecule has 1 N–H and O–H groups in total. The molecule has 1 spiro atoms. The van der Waals surface area contributed by atoms with Crippen molar-refractivity contribution in [3.05, 3.63) is 83.8 Å². The highest BCUT2D eigenvalue weighted by Gasteiger charge is 2.50. The molecule has 36 heavy (non-hydrogen) atoms. The minimum atomic E-state index is -0.145. The zero-order chi connectivity index (χ0) is 24.9. The van der Waals surface area contributed by atoms with E-state index in [-0.39, 0.29) is 23.3 Å². The Labute approximate surface area is 214 Å². The Morgan fingerprint density at radius 2 is 1.97 bits per heavy atom. The van der Waals surface area contributed by atoms with E-state index in [4.69, 9.17) is 4.98 Å². The largest absolute Gasteiger partial charge is 0.339 e. The maximum absolute atomic E-state index is 13.3. The van der Waals surface area contributed by atoms with Crippen molar-refractivity contribution in [2.24, 2.45) is 5.41 Å². The molecule has 2 fully saturated rings. The summed E-state index contributed by atoms with van der Waals surface area (Å²) in [5.41, 5.74) is 4.35. The summed E-state index contributed by atoms with van der Waals surface area (Å²) in [5, 5.41) is 3.10. The van der Waals surface area contributed by atoms with Crippen LogP contribution >= 0.6 is 11.3 Å². The molecule has 4 aromatic rings. The SMILES string of the molecule is C=CC(=O)N1CCC2(CC(n3c(NC(=O)c4ccc(-c5cccc(C)c5)s4)nc4ccccc43)C2)C1. The van der Waals surface area contributed by atoms with Gasteiger partial charge in [0.25, 0.3) is 5.91 Å². The number of likely N-dealkylation sites (tertiary alicyclic amines) is 1. The van der Waals surface area contributed by atoms with E-state index in [1.165, 1.54) is 23.0 Å². The number of carbonyl (C=O) groups excluding carboxylic acids is 2. The third-order valence-corrected chi connectivity index (χ3v) is 8.71. The number of aryl methyl sites for hydroxylation is 1.